The van der Waals surface area contributed by atoms with Crippen LogP contribution >= 0.6 is 23.2 Å². The van der Waals surface area contributed by atoms with Crippen molar-refractivity contribution in [3.63, 3.8) is 0 Å². The number of halogens is 4. The van der Waals surface area contributed by atoms with E-state index in [2.05, 4.69) is 5.32 Å². The number of aliphatic hydroxyl groups excluding tert-OH is 1. The maximum Gasteiger partial charge on any atom is 0.254 e. The third-order valence-corrected chi connectivity index (χ3v) is 3.50. The van der Waals surface area contributed by atoms with Crippen molar-refractivity contribution < 1.29 is 18.7 Å². The predicted molar refractivity (Wildman–Crippen MR) is 80.1 cm³/mol. The fraction of sp³-hybridized carbons (Fsp3) is 0.133. The molecule has 116 valence electrons. The largest absolute Gasteiger partial charge is 0.387 e. The van der Waals surface area contributed by atoms with Gasteiger partial charge in [0.15, 0.2) is 0 Å². The molecule has 0 heterocycles. The van der Waals surface area contributed by atoms with Gasteiger partial charge in [-0.1, -0.05) is 29.3 Å². The summed E-state index contributed by atoms with van der Waals surface area (Å²) in [6.07, 6.45) is -1.15. The van der Waals surface area contributed by atoms with Crippen molar-refractivity contribution in [3.05, 3.63) is 69.2 Å². The molecule has 1 amide bonds. The lowest BCUT2D eigenvalue weighted by Gasteiger charge is -2.13. The molecule has 2 rings (SSSR count). The van der Waals surface area contributed by atoms with Crippen molar-refractivity contribution in [3.8, 4) is 0 Å². The normalized spacial score (nSPS) is 12.0. The maximum absolute atomic E-state index is 13.6. The van der Waals surface area contributed by atoms with E-state index in [0.29, 0.717) is 0 Å². The van der Waals surface area contributed by atoms with E-state index in [9.17, 15) is 18.7 Å². The number of carbonyl (C=O) groups is 1. The summed E-state index contributed by atoms with van der Waals surface area (Å²) in [7, 11) is 0. The third-order valence-electron chi connectivity index (χ3n) is 2.96. The number of nitrogens with one attached hydrogen (secondary N) is 1. The molecule has 22 heavy (non-hydrogen) atoms. The standard InChI is InChI=1S/C15H11Cl2F2NO2/c16-9-2-3-10(12(18)6-9)15(22)20-7-14(21)8-1-4-11(17)13(19)5-8/h1-6,14,21H,7H2,(H,20,22). The molecule has 1 atom stereocenters. The van der Waals surface area contributed by atoms with E-state index in [1.165, 1.54) is 24.3 Å². The maximum atomic E-state index is 13.6. The summed E-state index contributed by atoms with van der Waals surface area (Å²) in [6.45, 7) is -0.206. The number of rotatable bonds is 4. The molecular formula is C15H11Cl2F2NO2. The smallest absolute Gasteiger partial charge is 0.254 e. The van der Waals surface area contributed by atoms with Gasteiger partial charge in [0, 0.05) is 11.6 Å². The lowest BCUT2D eigenvalue weighted by Crippen LogP contribution is -2.29. The monoisotopic (exact) mass is 345 g/mol. The Morgan fingerprint density at radius 1 is 1.14 bits per heavy atom. The van der Waals surface area contributed by atoms with Crippen molar-refractivity contribution in [2.45, 2.75) is 6.10 Å². The van der Waals surface area contributed by atoms with Crippen LogP contribution in [0, 0.1) is 11.6 Å². The summed E-state index contributed by atoms with van der Waals surface area (Å²) in [4.78, 5) is 11.8. The topological polar surface area (TPSA) is 49.3 Å². The Labute approximate surface area is 135 Å². The van der Waals surface area contributed by atoms with E-state index in [1.807, 2.05) is 0 Å². The average molecular weight is 346 g/mol. The highest BCUT2D eigenvalue weighted by atomic mass is 35.5. The summed E-state index contributed by atoms with van der Waals surface area (Å²) >= 11 is 11.1. The molecule has 0 bridgehead atoms. The van der Waals surface area contributed by atoms with Gasteiger partial charge in [0.25, 0.3) is 5.91 Å². The highest BCUT2D eigenvalue weighted by molar-refractivity contribution is 6.31. The first-order chi connectivity index (χ1) is 10.4. The molecule has 0 fully saturated rings. The zero-order valence-corrected chi connectivity index (χ0v) is 12.6. The average Bonchev–Trinajstić information content (AvgIpc) is 2.47. The van der Waals surface area contributed by atoms with Gasteiger partial charge in [-0.25, -0.2) is 8.78 Å². The van der Waals surface area contributed by atoms with Gasteiger partial charge in [0.05, 0.1) is 16.7 Å². The zero-order chi connectivity index (χ0) is 16.3. The van der Waals surface area contributed by atoms with Gasteiger partial charge < -0.3 is 10.4 Å². The van der Waals surface area contributed by atoms with Crippen molar-refractivity contribution in [1.29, 1.82) is 0 Å². The van der Waals surface area contributed by atoms with Gasteiger partial charge in [0.1, 0.15) is 11.6 Å². The van der Waals surface area contributed by atoms with Crippen LogP contribution in [0.25, 0.3) is 0 Å². The number of hydrogen-bond acceptors (Lipinski definition) is 2. The quantitative estimate of drug-likeness (QED) is 0.886. The Hall–Kier alpha value is -1.69. The van der Waals surface area contributed by atoms with Gasteiger partial charge in [-0.2, -0.15) is 0 Å². The molecule has 0 saturated heterocycles. The first kappa shape index (κ1) is 16.7. The number of benzene rings is 2. The van der Waals surface area contributed by atoms with Crippen LogP contribution in [0.4, 0.5) is 8.78 Å². The van der Waals surface area contributed by atoms with Gasteiger partial charge in [-0.15, -0.1) is 0 Å². The molecule has 0 aliphatic rings. The van der Waals surface area contributed by atoms with Crippen molar-refractivity contribution in [2.24, 2.45) is 0 Å². The van der Waals surface area contributed by atoms with Crippen LogP contribution in [0.2, 0.25) is 10.0 Å². The number of carbonyl (C=O) groups excluding carboxylic acids is 1. The van der Waals surface area contributed by atoms with Gasteiger partial charge >= 0.3 is 0 Å². The second-order valence-corrected chi connectivity index (χ2v) is 5.37. The highest BCUT2D eigenvalue weighted by Crippen LogP contribution is 2.20. The molecule has 2 aromatic carbocycles. The molecule has 0 radical (unpaired) electrons. The van der Waals surface area contributed by atoms with E-state index in [0.717, 1.165) is 12.1 Å². The van der Waals surface area contributed by atoms with Crippen LogP contribution in [-0.2, 0) is 0 Å². The molecule has 0 aliphatic heterocycles. The molecule has 0 saturated carbocycles. The summed E-state index contributed by atoms with van der Waals surface area (Å²) in [6, 6.07) is 7.44. The molecule has 3 nitrogen and oxygen atoms in total. The van der Waals surface area contributed by atoms with Crippen LogP contribution < -0.4 is 5.32 Å². The Morgan fingerprint density at radius 3 is 2.50 bits per heavy atom. The number of aliphatic hydroxyl groups is 1. The molecule has 2 aromatic rings. The molecule has 1 unspecified atom stereocenters. The van der Waals surface area contributed by atoms with Gasteiger partial charge in [-0.05, 0) is 35.9 Å². The minimum absolute atomic E-state index is 0.0665. The fourth-order valence-electron chi connectivity index (χ4n) is 1.80. The first-order valence-corrected chi connectivity index (χ1v) is 7.00. The molecule has 0 aliphatic carbocycles. The van der Waals surface area contributed by atoms with Gasteiger partial charge in [0.2, 0.25) is 0 Å². The predicted octanol–water partition coefficient (Wildman–Crippen LogP) is 3.74. The summed E-state index contributed by atoms with van der Waals surface area (Å²) in [5, 5.41) is 12.4. The third kappa shape index (κ3) is 3.94. The second-order valence-electron chi connectivity index (χ2n) is 4.52. The van der Waals surface area contributed by atoms with E-state index < -0.39 is 23.6 Å². The van der Waals surface area contributed by atoms with Gasteiger partial charge in [-0.3, -0.25) is 4.79 Å². The van der Waals surface area contributed by atoms with Crippen LogP contribution in [-0.4, -0.2) is 17.6 Å². The zero-order valence-electron chi connectivity index (χ0n) is 11.1. The number of amides is 1. The highest BCUT2D eigenvalue weighted by Gasteiger charge is 2.15. The Bertz CT molecular complexity index is 710. The van der Waals surface area contributed by atoms with Crippen LogP contribution in [0.3, 0.4) is 0 Å². The Kier molecular flexibility index (Phi) is 5.34. The van der Waals surface area contributed by atoms with E-state index in [4.69, 9.17) is 23.2 Å². The lowest BCUT2D eigenvalue weighted by atomic mass is 10.1. The Morgan fingerprint density at radius 2 is 1.86 bits per heavy atom. The SMILES string of the molecule is O=C(NCC(O)c1ccc(Cl)c(F)c1)c1ccc(Cl)cc1F. The van der Waals surface area contributed by atoms with E-state index in [-0.39, 0.29) is 27.7 Å². The minimum Gasteiger partial charge on any atom is -0.387 e. The molecular weight excluding hydrogens is 335 g/mol. The van der Waals surface area contributed by atoms with Crippen LogP contribution in [0.15, 0.2) is 36.4 Å². The summed E-state index contributed by atoms with van der Waals surface area (Å²) < 4.78 is 26.9. The fourth-order valence-corrected chi connectivity index (χ4v) is 2.07. The van der Waals surface area contributed by atoms with Crippen molar-refractivity contribution in [2.75, 3.05) is 6.54 Å². The molecule has 7 heteroatoms. The first-order valence-electron chi connectivity index (χ1n) is 6.24. The lowest BCUT2D eigenvalue weighted by molar-refractivity contribution is 0.0912. The molecule has 0 spiro atoms. The van der Waals surface area contributed by atoms with Crippen molar-refractivity contribution in [1.82, 2.24) is 5.32 Å². The minimum atomic E-state index is -1.15. The summed E-state index contributed by atoms with van der Waals surface area (Å²) in [5.74, 6) is -2.15. The van der Waals surface area contributed by atoms with E-state index >= 15 is 0 Å². The molecule has 0 aromatic heterocycles. The van der Waals surface area contributed by atoms with Crippen molar-refractivity contribution >= 4 is 29.1 Å². The molecule has 2 N–H and O–H groups in total. The van der Waals surface area contributed by atoms with Crippen LogP contribution in [0.1, 0.15) is 22.0 Å². The second kappa shape index (κ2) is 7.05. The van der Waals surface area contributed by atoms with E-state index in [1.54, 1.807) is 0 Å². The number of hydrogen-bond donors (Lipinski definition) is 2. The Balaban J connectivity index is 2.02. The summed E-state index contributed by atoms with van der Waals surface area (Å²) in [5.41, 5.74) is 0.0534. The van der Waals surface area contributed by atoms with Crippen LogP contribution in [0.5, 0.6) is 0 Å².